The summed E-state index contributed by atoms with van der Waals surface area (Å²) in [4.78, 5) is 28.8. The van der Waals surface area contributed by atoms with Crippen molar-refractivity contribution in [1.82, 2.24) is 10.3 Å². The maximum atomic E-state index is 12.9. The summed E-state index contributed by atoms with van der Waals surface area (Å²) in [5.41, 5.74) is -1.26. The third-order valence-corrected chi connectivity index (χ3v) is 9.73. The van der Waals surface area contributed by atoms with Crippen molar-refractivity contribution < 1.29 is 43.9 Å². The maximum Gasteiger partial charge on any atom is 0.309 e. The minimum atomic E-state index is -1.46. The van der Waals surface area contributed by atoms with Gasteiger partial charge in [-0.3, -0.25) is 9.59 Å². The molecule has 0 spiro atoms. The summed E-state index contributed by atoms with van der Waals surface area (Å²) in [5, 5.41) is 37.3. The Bertz CT molecular complexity index is 1330. The van der Waals surface area contributed by atoms with Gasteiger partial charge in [-0.2, -0.15) is 0 Å². The molecule has 1 aromatic rings. The molecule has 0 amide bonds. The lowest BCUT2D eigenvalue weighted by Gasteiger charge is -2.32. The Morgan fingerprint density at radius 1 is 1.29 bits per heavy atom. The summed E-state index contributed by atoms with van der Waals surface area (Å²) in [6, 6.07) is 3.09. The Labute approximate surface area is 295 Å². The molecular weight excluding hydrogens is 652 g/mol. The first-order valence-electron chi connectivity index (χ1n) is 17.0. The van der Waals surface area contributed by atoms with E-state index in [9.17, 15) is 24.9 Å². The van der Waals surface area contributed by atoms with Crippen molar-refractivity contribution in [2.24, 2.45) is 11.8 Å². The quantitative estimate of drug-likeness (QED) is 0.0746. The van der Waals surface area contributed by atoms with Crippen LogP contribution in [-0.4, -0.2) is 93.2 Å². The number of methoxy groups -OCH3 is 1. The number of halogens is 1. The molecule has 2 aliphatic heterocycles. The highest BCUT2D eigenvalue weighted by Gasteiger charge is 2.54. The molecule has 0 saturated carbocycles. The zero-order valence-electron chi connectivity index (χ0n) is 30.0. The predicted octanol–water partition coefficient (Wildman–Crippen LogP) is 4.61. The number of pyridine rings is 1. The zero-order valence-corrected chi connectivity index (χ0v) is 30.7. The van der Waals surface area contributed by atoms with Gasteiger partial charge in [0.15, 0.2) is 0 Å². The van der Waals surface area contributed by atoms with Crippen LogP contribution in [0.15, 0.2) is 54.3 Å². The number of aliphatic hydroxyl groups excluding tert-OH is 1. The van der Waals surface area contributed by atoms with Gasteiger partial charge < -0.3 is 39.6 Å². The van der Waals surface area contributed by atoms with E-state index in [1.54, 1.807) is 56.7 Å². The number of rotatable bonds is 13. The smallest absolute Gasteiger partial charge is 0.309 e. The highest BCUT2D eigenvalue weighted by atomic mass is 35.5. The SMILES string of the molecule is CCC(OC)C(C)C1OC1C(NCc1ccc(Cl)nc1)C(C)(O)C=CC=C(C)C1OC(=O)CC(O)CCC(C)(O)C(OC(C)=O)C=CC1C. The summed E-state index contributed by atoms with van der Waals surface area (Å²) in [6.45, 7) is 12.8. The molecule has 2 aliphatic rings. The van der Waals surface area contributed by atoms with Crippen LogP contribution in [0.3, 0.4) is 0 Å². The monoisotopic (exact) mass is 706 g/mol. The van der Waals surface area contributed by atoms with Gasteiger partial charge in [-0.15, -0.1) is 0 Å². The molecule has 49 heavy (non-hydrogen) atoms. The van der Waals surface area contributed by atoms with E-state index in [4.69, 9.17) is 30.5 Å². The summed E-state index contributed by atoms with van der Waals surface area (Å²) < 4.78 is 23.1. The fourth-order valence-electron chi connectivity index (χ4n) is 6.41. The topological polar surface area (TPSA) is 160 Å². The van der Waals surface area contributed by atoms with Crippen LogP contribution in [0.25, 0.3) is 0 Å². The number of aromatic nitrogens is 1. The van der Waals surface area contributed by atoms with E-state index >= 15 is 0 Å². The van der Waals surface area contributed by atoms with Crippen LogP contribution < -0.4 is 5.32 Å². The normalized spacial score (nSPS) is 31.5. The molecule has 3 rings (SSSR count). The van der Waals surface area contributed by atoms with Crippen molar-refractivity contribution in [3.63, 3.8) is 0 Å². The Morgan fingerprint density at radius 3 is 2.61 bits per heavy atom. The molecule has 4 N–H and O–H groups in total. The van der Waals surface area contributed by atoms with Crippen molar-refractivity contribution >= 4 is 23.5 Å². The molecule has 1 saturated heterocycles. The van der Waals surface area contributed by atoms with E-state index in [2.05, 4.69) is 24.1 Å². The second kappa shape index (κ2) is 18.0. The van der Waals surface area contributed by atoms with Crippen molar-refractivity contribution in [2.75, 3.05) is 7.11 Å². The van der Waals surface area contributed by atoms with Crippen molar-refractivity contribution in [2.45, 2.75) is 135 Å². The Balaban J connectivity index is 1.87. The van der Waals surface area contributed by atoms with Crippen LogP contribution in [-0.2, 0) is 35.1 Å². The Kier molecular flexibility index (Phi) is 15.0. The van der Waals surface area contributed by atoms with Gasteiger partial charge >= 0.3 is 11.9 Å². The first kappa shape index (κ1) is 40.8. The average Bonchev–Trinajstić information content (AvgIpc) is 3.81. The fraction of sp³-hybridized carbons (Fsp3) is 0.649. The molecule has 0 aromatic carbocycles. The van der Waals surface area contributed by atoms with Crippen molar-refractivity contribution in [3.8, 4) is 0 Å². The number of hydrogen-bond donors (Lipinski definition) is 4. The molecule has 1 fully saturated rings. The molecule has 3 heterocycles. The summed E-state index contributed by atoms with van der Waals surface area (Å²) in [6.07, 6.45) is 7.88. The standard InChI is InChI=1S/C37H55ClN2O9/c1-9-28(46-8)24(4)33-34(49-33)35(40-21-26-13-15-30(38)39-20-26)37(7,45)17-10-11-22(2)32-23(3)12-14-29(47-25(5)41)36(6,44)18-16-27(42)19-31(43)48-32/h10-15,17,20,23-24,27-29,32-35,40,42,44-45H,9,16,18-19,21H2,1-8H3. The van der Waals surface area contributed by atoms with Crippen LogP contribution in [0.4, 0.5) is 0 Å². The maximum absolute atomic E-state index is 12.9. The number of ether oxygens (including phenoxy) is 4. The zero-order chi connectivity index (χ0) is 36.5. The number of hydrogen-bond acceptors (Lipinski definition) is 11. The number of carbonyl (C=O) groups excluding carboxylic acids is 2. The van der Waals surface area contributed by atoms with Gasteiger partial charge in [-0.05, 0) is 63.3 Å². The summed E-state index contributed by atoms with van der Waals surface area (Å²) in [5.74, 6) is -1.41. The molecule has 0 bridgehead atoms. The van der Waals surface area contributed by atoms with Gasteiger partial charge in [0.1, 0.15) is 29.1 Å². The fourth-order valence-corrected chi connectivity index (χ4v) is 6.52. The molecular formula is C37H55ClN2O9. The molecule has 274 valence electrons. The lowest BCUT2D eigenvalue weighted by Crippen LogP contribution is -2.52. The number of cyclic esters (lactones) is 1. The lowest BCUT2D eigenvalue weighted by atomic mass is 9.87. The van der Waals surface area contributed by atoms with E-state index in [0.717, 1.165) is 12.0 Å². The van der Waals surface area contributed by atoms with Gasteiger partial charge in [0.05, 0.1) is 36.4 Å². The van der Waals surface area contributed by atoms with Crippen LogP contribution in [0.1, 0.15) is 79.7 Å². The summed E-state index contributed by atoms with van der Waals surface area (Å²) >= 11 is 5.97. The van der Waals surface area contributed by atoms with Crippen LogP contribution in [0.2, 0.25) is 5.15 Å². The van der Waals surface area contributed by atoms with Crippen LogP contribution in [0.5, 0.6) is 0 Å². The first-order valence-corrected chi connectivity index (χ1v) is 17.4. The highest BCUT2D eigenvalue weighted by Crippen LogP contribution is 2.39. The van der Waals surface area contributed by atoms with Gasteiger partial charge in [0.25, 0.3) is 0 Å². The number of aliphatic hydroxyl groups is 3. The predicted molar refractivity (Wildman–Crippen MR) is 187 cm³/mol. The van der Waals surface area contributed by atoms with E-state index in [-0.39, 0.29) is 43.5 Å². The third kappa shape index (κ3) is 12.0. The van der Waals surface area contributed by atoms with Crippen molar-refractivity contribution in [1.29, 1.82) is 0 Å². The molecule has 12 heteroatoms. The molecule has 11 unspecified atom stereocenters. The van der Waals surface area contributed by atoms with Crippen LogP contribution in [0, 0.1) is 11.8 Å². The Morgan fingerprint density at radius 2 is 2.00 bits per heavy atom. The Hall–Kier alpha value is -2.64. The number of nitrogens with one attached hydrogen (secondary N) is 1. The van der Waals surface area contributed by atoms with E-state index < -0.39 is 53.4 Å². The number of nitrogens with zero attached hydrogens (tertiary/aromatic N) is 1. The van der Waals surface area contributed by atoms with Crippen molar-refractivity contribution in [3.05, 3.63) is 65.0 Å². The minimum Gasteiger partial charge on any atom is -0.457 e. The lowest BCUT2D eigenvalue weighted by molar-refractivity contribution is -0.157. The second-order valence-corrected chi connectivity index (χ2v) is 14.3. The first-order chi connectivity index (χ1) is 23.0. The number of allylic oxidation sites excluding steroid dienone is 2. The van der Waals surface area contributed by atoms with E-state index in [1.807, 2.05) is 19.9 Å². The van der Waals surface area contributed by atoms with Crippen LogP contribution >= 0.6 is 11.6 Å². The molecule has 1 aromatic heterocycles. The largest absolute Gasteiger partial charge is 0.457 e. The van der Waals surface area contributed by atoms with Gasteiger partial charge in [-0.1, -0.05) is 62.7 Å². The molecule has 0 radical (unpaired) electrons. The molecule has 11 atom stereocenters. The number of esters is 2. The minimum absolute atomic E-state index is 0.0171. The summed E-state index contributed by atoms with van der Waals surface area (Å²) in [7, 11) is 1.69. The number of carbonyl (C=O) groups is 2. The van der Waals surface area contributed by atoms with Gasteiger partial charge in [-0.25, -0.2) is 4.98 Å². The highest BCUT2D eigenvalue weighted by molar-refractivity contribution is 6.29. The third-order valence-electron chi connectivity index (χ3n) is 9.50. The van der Waals surface area contributed by atoms with E-state index in [1.165, 1.54) is 13.8 Å². The van der Waals surface area contributed by atoms with Gasteiger partial charge in [0, 0.05) is 38.6 Å². The second-order valence-electron chi connectivity index (χ2n) is 13.9. The molecule has 11 nitrogen and oxygen atoms in total. The van der Waals surface area contributed by atoms with E-state index in [0.29, 0.717) is 17.3 Å². The number of epoxide rings is 1. The average molecular weight is 707 g/mol. The van der Waals surface area contributed by atoms with Gasteiger partial charge in [0.2, 0.25) is 0 Å². The molecule has 0 aliphatic carbocycles.